The SMILES string of the molecule is Cc1c(CC[C@@]2(C)O[C@@H]2CO)cc2c(c1C)CCCC2(C)C. The maximum atomic E-state index is 9.24. The van der Waals surface area contributed by atoms with Crippen molar-refractivity contribution in [2.75, 3.05) is 6.61 Å². The molecule has 2 heteroatoms. The van der Waals surface area contributed by atoms with Gasteiger partial charge in [-0.05, 0) is 86.1 Å². The van der Waals surface area contributed by atoms with E-state index in [2.05, 4.69) is 40.7 Å². The number of hydrogen-bond donors (Lipinski definition) is 1. The van der Waals surface area contributed by atoms with Crippen molar-refractivity contribution in [2.24, 2.45) is 0 Å². The predicted molar refractivity (Wildman–Crippen MR) is 90.6 cm³/mol. The summed E-state index contributed by atoms with van der Waals surface area (Å²) in [6.45, 7) is 11.6. The molecule has 1 heterocycles. The first-order valence-corrected chi connectivity index (χ1v) is 8.69. The lowest BCUT2D eigenvalue weighted by molar-refractivity contribution is 0.235. The molecule has 0 unspecified atom stereocenters. The second-order valence-electron chi connectivity index (χ2n) is 8.15. The van der Waals surface area contributed by atoms with Gasteiger partial charge in [-0.3, -0.25) is 0 Å². The summed E-state index contributed by atoms with van der Waals surface area (Å²) in [5.41, 5.74) is 7.79. The van der Waals surface area contributed by atoms with Crippen molar-refractivity contribution in [3.8, 4) is 0 Å². The lowest BCUT2D eigenvalue weighted by Crippen LogP contribution is -2.25. The molecule has 2 atom stereocenters. The van der Waals surface area contributed by atoms with Crippen molar-refractivity contribution in [1.82, 2.24) is 0 Å². The van der Waals surface area contributed by atoms with Crippen LogP contribution in [0.15, 0.2) is 6.07 Å². The molecule has 0 aromatic heterocycles. The number of fused-ring (bicyclic) bond motifs is 1. The van der Waals surface area contributed by atoms with Crippen LogP contribution in [-0.4, -0.2) is 23.4 Å². The first-order chi connectivity index (χ1) is 10.3. The van der Waals surface area contributed by atoms with Crippen molar-refractivity contribution in [3.05, 3.63) is 33.9 Å². The Hall–Kier alpha value is -0.860. The highest BCUT2D eigenvalue weighted by molar-refractivity contribution is 5.49. The fourth-order valence-corrected chi connectivity index (χ4v) is 4.19. The lowest BCUT2D eigenvalue weighted by atomic mass is 9.70. The van der Waals surface area contributed by atoms with Crippen LogP contribution in [0, 0.1) is 13.8 Å². The molecule has 1 fully saturated rings. The molecule has 1 aliphatic heterocycles. The zero-order valence-electron chi connectivity index (χ0n) is 14.8. The van der Waals surface area contributed by atoms with Crippen LogP contribution in [0.25, 0.3) is 0 Å². The van der Waals surface area contributed by atoms with E-state index < -0.39 is 0 Å². The van der Waals surface area contributed by atoms with Crippen LogP contribution in [0.4, 0.5) is 0 Å². The van der Waals surface area contributed by atoms with Crippen LogP contribution in [0.1, 0.15) is 67.9 Å². The molecule has 0 radical (unpaired) electrons. The van der Waals surface area contributed by atoms with Gasteiger partial charge >= 0.3 is 0 Å². The minimum atomic E-state index is -0.111. The van der Waals surface area contributed by atoms with Crippen LogP contribution < -0.4 is 0 Å². The summed E-state index contributed by atoms with van der Waals surface area (Å²) in [6.07, 6.45) is 5.92. The predicted octanol–water partition coefficient (Wildman–Crippen LogP) is 4.00. The Kier molecular flexibility index (Phi) is 3.89. The number of epoxide rings is 1. The van der Waals surface area contributed by atoms with Gasteiger partial charge in [0.05, 0.1) is 12.2 Å². The average Bonchev–Trinajstić information content (AvgIpc) is 3.13. The minimum Gasteiger partial charge on any atom is -0.394 e. The Bertz CT molecular complexity index is 588. The third kappa shape index (κ3) is 2.61. The van der Waals surface area contributed by atoms with Crippen LogP contribution >= 0.6 is 0 Å². The highest BCUT2D eigenvalue weighted by Crippen LogP contribution is 2.42. The Morgan fingerprint density at radius 2 is 1.95 bits per heavy atom. The van der Waals surface area contributed by atoms with E-state index in [-0.39, 0.29) is 18.3 Å². The molecule has 0 bridgehead atoms. The van der Waals surface area contributed by atoms with Gasteiger partial charge in [0.15, 0.2) is 0 Å². The van der Waals surface area contributed by atoms with Gasteiger partial charge in [0.1, 0.15) is 6.10 Å². The van der Waals surface area contributed by atoms with Gasteiger partial charge in [0, 0.05) is 0 Å². The Morgan fingerprint density at radius 1 is 1.23 bits per heavy atom. The van der Waals surface area contributed by atoms with E-state index >= 15 is 0 Å². The van der Waals surface area contributed by atoms with E-state index in [0.717, 1.165) is 12.8 Å². The Labute approximate surface area is 134 Å². The van der Waals surface area contributed by atoms with Crippen molar-refractivity contribution in [1.29, 1.82) is 0 Å². The number of benzene rings is 1. The standard InChI is InChI=1S/C20H30O2/c1-13-14(2)16-7-6-9-19(3,4)17(16)11-15(13)8-10-20(5)18(12-21)22-20/h11,18,21H,6-10,12H2,1-5H3/t18-,20-/m1/s1. The summed E-state index contributed by atoms with van der Waals surface area (Å²) in [6, 6.07) is 2.47. The Morgan fingerprint density at radius 3 is 2.59 bits per heavy atom. The maximum Gasteiger partial charge on any atom is 0.110 e. The van der Waals surface area contributed by atoms with Crippen molar-refractivity contribution in [2.45, 2.75) is 83.8 Å². The number of rotatable bonds is 4. The second-order valence-corrected chi connectivity index (χ2v) is 8.15. The number of hydrogen-bond acceptors (Lipinski definition) is 2. The maximum absolute atomic E-state index is 9.24. The normalized spacial score (nSPS) is 29.3. The molecule has 0 spiro atoms. The quantitative estimate of drug-likeness (QED) is 0.853. The van der Waals surface area contributed by atoms with E-state index in [1.54, 1.807) is 11.1 Å². The first kappa shape index (κ1) is 16.0. The average molecular weight is 302 g/mol. The van der Waals surface area contributed by atoms with Crippen molar-refractivity contribution >= 4 is 0 Å². The summed E-state index contributed by atoms with van der Waals surface area (Å²) in [4.78, 5) is 0. The number of ether oxygens (including phenoxy) is 1. The molecular weight excluding hydrogens is 272 g/mol. The lowest BCUT2D eigenvalue weighted by Gasteiger charge is -2.35. The topological polar surface area (TPSA) is 32.8 Å². The number of aliphatic hydroxyl groups excluding tert-OH is 1. The smallest absolute Gasteiger partial charge is 0.110 e. The molecule has 2 nitrogen and oxygen atoms in total. The van der Waals surface area contributed by atoms with Crippen molar-refractivity contribution in [3.63, 3.8) is 0 Å². The van der Waals surface area contributed by atoms with Gasteiger partial charge in [-0.1, -0.05) is 19.9 Å². The molecule has 1 saturated heterocycles. The largest absolute Gasteiger partial charge is 0.394 e. The van der Waals surface area contributed by atoms with Crippen LogP contribution in [0.3, 0.4) is 0 Å². The zero-order chi connectivity index (χ0) is 16.1. The molecular formula is C20H30O2. The van der Waals surface area contributed by atoms with Gasteiger partial charge in [-0.2, -0.15) is 0 Å². The number of aliphatic hydroxyl groups is 1. The summed E-state index contributed by atoms with van der Waals surface area (Å²) in [5, 5.41) is 9.24. The fraction of sp³-hybridized carbons (Fsp3) is 0.700. The van der Waals surface area contributed by atoms with Gasteiger partial charge in [0.2, 0.25) is 0 Å². The molecule has 22 heavy (non-hydrogen) atoms. The molecule has 0 saturated carbocycles. The zero-order valence-corrected chi connectivity index (χ0v) is 14.8. The third-order valence-corrected chi connectivity index (χ3v) is 6.19. The minimum absolute atomic E-state index is 0.0444. The highest BCUT2D eigenvalue weighted by Gasteiger charge is 2.51. The van der Waals surface area contributed by atoms with E-state index in [9.17, 15) is 5.11 Å². The van der Waals surface area contributed by atoms with E-state index in [4.69, 9.17) is 4.74 Å². The summed E-state index contributed by atoms with van der Waals surface area (Å²) in [5.74, 6) is 0. The third-order valence-electron chi connectivity index (χ3n) is 6.19. The molecule has 0 amide bonds. The molecule has 122 valence electrons. The van der Waals surface area contributed by atoms with Gasteiger partial charge in [0.25, 0.3) is 0 Å². The molecule has 2 aliphatic rings. The fourth-order valence-electron chi connectivity index (χ4n) is 4.19. The summed E-state index contributed by atoms with van der Waals surface area (Å²) in [7, 11) is 0. The first-order valence-electron chi connectivity index (χ1n) is 8.69. The van der Waals surface area contributed by atoms with Gasteiger partial charge in [-0.25, -0.2) is 0 Å². The molecule has 1 N–H and O–H groups in total. The van der Waals surface area contributed by atoms with E-state index in [1.165, 1.54) is 36.0 Å². The van der Waals surface area contributed by atoms with Crippen LogP contribution in [-0.2, 0) is 23.0 Å². The molecule has 1 aromatic rings. The van der Waals surface area contributed by atoms with E-state index in [1.807, 2.05) is 0 Å². The van der Waals surface area contributed by atoms with Crippen LogP contribution in [0.2, 0.25) is 0 Å². The second kappa shape index (κ2) is 5.35. The molecule has 1 aliphatic carbocycles. The monoisotopic (exact) mass is 302 g/mol. The van der Waals surface area contributed by atoms with Gasteiger partial charge in [-0.15, -0.1) is 0 Å². The molecule has 1 aromatic carbocycles. The van der Waals surface area contributed by atoms with Crippen LogP contribution in [0.5, 0.6) is 0 Å². The van der Waals surface area contributed by atoms with Gasteiger partial charge < -0.3 is 9.84 Å². The highest BCUT2D eigenvalue weighted by atomic mass is 16.6. The Balaban J connectivity index is 1.88. The molecule has 3 rings (SSSR count). The number of aryl methyl sites for hydroxylation is 1. The van der Waals surface area contributed by atoms with Crippen molar-refractivity contribution < 1.29 is 9.84 Å². The van der Waals surface area contributed by atoms with E-state index in [0.29, 0.717) is 5.41 Å². The summed E-state index contributed by atoms with van der Waals surface area (Å²) >= 11 is 0. The summed E-state index contributed by atoms with van der Waals surface area (Å²) < 4.78 is 5.65.